The lowest BCUT2D eigenvalue weighted by atomic mass is 10.1. The van der Waals surface area contributed by atoms with E-state index in [1.54, 1.807) is 31.1 Å². The number of aliphatic hydroxyl groups excluding tert-OH is 1. The van der Waals surface area contributed by atoms with Crippen LogP contribution in [-0.4, -0.2) is 52.5 Å². The fourth-order valence-corrected chi connectivity index (χ4v) is 4.24. The number of aromatic nitrogens is 3. The second-order valence-electron chi connectivity index (χ2n) is 6.87. The number of hydrogen-bond acceptors (Lipinski definition) is 6. The Balaban J connectivity index is 1.85. The van der Waals surface area contributed by atoms with E-state index in [0.29, 0.717) is 23.2 Å². The van der Waals surface area contributed by atoms with Crippen LogP contribution in [0.15, 0.2) is 35.6 Å². The van der Waals surface area contributed by atoms with Gasteiger partial charge in [-0.05, 0) is 43.2 Å². The zero-order chi connectivity index (χ0) is 19.7. The highest BCUT2D eigenvalue weighted by Gasteiger charge is 2.28. The molecule has 1 N–H and O–H groups in total. The van der Waals surface area contributed by atoms with E-state index in [9.17, 15) is 5.11 Å². The van der Waals surface area contributed by atoms with Crippen LogP contribution in [0.2, 0.25) is 5.02 Å². The van der Waals surface area contributed by atoms with Gasteiger partial charge in [-0.1, -0.05) is 11.6 Å². The number of thioether (sulfide) groups is 1. The lowest BCUT2D eigenvalue weighted by Crippen LogP contribution is -2.30. The van der Waals surface area contributed by atoms with E-state index >= 15 is 0 Å². The van der Waals surface area contributed by atoms with Crippen LogP contribution in [0.1, 0.15) is 12.8 Å². The Morgan fingerprint density at radius 3 is 2.86 bits per heavy atom. The smallest absolute Gasteiger partial charge is 0.166 e. The zero-order valence-corrected chi connectivity index (χ0v) is 17.5. The molecule has 148 valence electrons. The summed E-state index contributed by atoms with van der Waals surface area (Å²) in [7, 11) is 1.62. The normalized spacial score (nSPS) is 13.9. The fraction of sp³-hybridized carbons (Fsp3) is 0.400. The summed E-state index contributed by atoms with van der Waals surface area (Å²) in [5.74, 6) is 2.41. The lowest BCUT2D eigenvalue weighted by molar-refractivity contribution is 0.300. The van der Waals surface area contributed by atoms with Gasteiger partial charge in [0.1, 0.15) is 22.3 Å². The van der Waals surface area contributed by atoms with Gasteiger partial charge in [0.15, 0.2) is 5.65 Å². The maximum Gasteiger partial charge on any atom is 0.166 e. The maximum absolute atomic E-state index is 9.60. The first kappa shape index (κ1) is 19.4. The summed E-state index contributed by atoms with van der Waals surface area (Å²) in [6.45, 7) is 1.62. The Labute approximate surface area is 173 Å². The van der Waals surface area contributed by atoms with E-state index in [1.807, 2.05) is 24.6 Å². The van der Waals surface area contributed by atoms with Gasteiger partial charge in [0.2, 0.25) is 0 Å². The highest BCUT2D eigenvalue weighted by atomic mass is 35.5. The lowest BCUT2D eigenvalue weighted by Gasteiger charge is -2.24. The van der Waals surface area contributed by atoms with Gasteiger partial charge < -0.3 is 14.7 Å². The number of rotatable bonds is 8. The van der Waals surface area contributed by atoms with Gasteiger partial charge in [0.05, 0.1) is 18.7 Å². The monoisotopic (exact) mass is 418 g/mol. The second-order valence-corrected chi connectivity index (χ2v) is 8.08. The van der Waals surface area contributed by atoms with E-state index in [0.717, 1.165) is 34.3 Å². The summed E-state index contributed by atoms with van der Waals surface area (Å²) in [6.07, 6.45) is 8.22. The summed E-state index contributed by atoms with van der Waals surface area (Å²) in [6, 6.07) is 5.57. The molecule has 8 heteroatoms. The van der Waals surface area contributed by atoms with Crippen molar-refractivity contribution in [1.29, 1.82) is 0 Å². The molecule has 0 spiro atoms. The predicted octanol–water partition coefficient (Wildman–Crippen LogP) is 3.99. The Bertz CT molecular complexity index is 990. The van der Waals surface area contributed by atoms with Crippen molar-refractivity contribution in [2.75, 3.05) is 38.0 Å². The van der Waals surface area contributed by atoms with Crippen LogP contribution in [0.3, 0.4) is 0 Å². The molecule has 1 aromatic carbocycles. The molecular formula is C20H23ClN4O2S. The molecule has 2 heterocycles. The third-order valence-corrected chi connectivity index (χ3v) is 5.93. The molecule has 1 aliphatic carbocycles. The number of halogens is 1. The molecule has 6 nitrogen and oxygen atoms in total. The van der Waals surface area contributed by atoms with E-state index < -0.39 is 0 Å². The van der Waals surface area contributed by atoms with Crippen molar-refractivity contribution in [3.63, 3.8) is 0 Å². The Hall–Kier alpha value is -1.96. The molecule has 0 radical (unpaired) electrons. The van der Waals surface area contributed by atoms with Crippen molar-refractivity contribution in [3.05, 3.63) is 35.6 Å². The quantitative estimate of drug-likeness (QED) is 0.558. The van der Waals surface area contributed by atoms with Crippen LogP contribution < -0.4 is 9.64 Å². The molecule has 1 fully saturated rings. The molecule has 2 aromatic heterocycles. The van der Waals surface area contributed by atoms with Crippen LogP contribution in [0, 0.1) is 5.92 Å². The molecule has 0 aliphatic heterocycles. The molecular weight excluding hydrogens is 396 g/mol. The Morgan fingerprint density at radius 2 is 2.21 bits per heavy atom. The third-order valence-electron chi connectivity index (χ3n) is 4.96. The first-order chi connectivity index (χ1) is 13.7. The molecule has 1 saturated carbocycles. The van der Waals surface area contributed by atoms with Crippen LogP contribution in [0.5, 0.6) is 5.75 Å². The molecule has 0 bridgehead atoms. The topological polar surface area (TPSA) is 62.9 Å². The molecule has 0 saturated heterocycles. The standard InChI is InChI=1S/C20H23ClN4O2S/c1-27-14-5-6-15(16(21)11-14)17-18-23-19(28-2)20(25(18)8-7-22-17)24(9-10-26)12-13-3-4-13/h5-8,11,13,26H,3-4,9-10,12H2,1-2H3. The van der Waals surface area contributed by atoms with Crippen molar-refractivity contribution in [3.8, 4) is 17.0 Å². The van der Waals surface area contributed by atoms with Crippen LogP contribution >= 0.6 is 23.4 Å². The van der Waals surface area contributed by atoms with Gasteiger partial charge in [-0.15, -0.1) is 11.8 Å². The van der Waals surface area contributed by atoms with Gasteiger partial charge >= 0.3 is 0 Å². The van der Waals surface area contributed by atoms with Gasteiger partial charge in [-0.3, -0.25) is 9.38 Å². The van der Waals surface area contributed by atoms with E-state index in [-0.39, 0.29) is 6.61 Å². The van der Waals surface area contributed by atoms with Gasteiger partial charge in [-0.25, -0.2) is 4.98 Å². The second kappa shape index (κ2) is 8.19. The number of imidazole rings is 1. The van der Waals surface area contributed by atoms with E-state index in [2.05, 4.69) is 14.3 Å². The van der Waals surface area contributed by atoms with E-state index in [1.165, 1.54) is 12.8 Å². The number of hydrogen-bond donors (Lipinski definition) is 1. The summed E-state index contributed by atoms with van der Waals surface area (Å²) >= 11 is 8.11. The minimum Gasteiger partial charge on any atom is -0.497 e. The summed E-state index contributed by atoms with van der Waals surface area (Å²) in [4.78, 5) is 11.7. The van der Waals surface area contributed by atoms with Crippen LogP contribution in [0.4, 0.5) is 5.82 Å². The number of ether oxygens (including phenoxy) is 1. The molecule has 0 amide bonds. The number of aliphatic hydroxyl groups is 1. The molecule has 0 atom stereocenters. The van der Waals surface area contributed by atoms with Crippen LogP contribution in [-0.2, 0) is 0 Å². The first-order valence-corrected chi connectivity index (χ1v) is 10.9. The van der Waals surface area contributed by atoms with Gasteiger partial charge in [-0.2, -0.15) is 0 Å². The maximum atomic E-state index is 9.60. The van der Waals surface area contributed by atoms with Crippen molar-refractivity contribution >= 4 is 34.8 Å². The number of fused-ring (bicyclic) bond motifs is 1. The predicted molar refractivity (Wildman–Crippen MR) is 114 cm³/mol. The Kier molecular flexibility index (Phi) is 5.66. The van der Waals surface area contributed by atoms with Crippen molar-refractivity contribution < 1.29 is 9.84 Å². The number of methoxy groups -OCH3 is 1. The number of benzene rings is 1. The fourth-order valence-electron chi connectivity index (χ4n) is 3.39. The minimum absolute atomic E-state index is 0.107. The molecule has 3 aromatic rings. The summed E-state index contributed by atoms with van der Waals surface area (Å²) < 4.78 is 7.32. The first-order valence-electron chi connectivity index (χ1n) is 9.27. The average Bonchev–Trinajstić information content (AvgIpc) is 3.44. The summed E-state index contributed by atoms with van der Waals surface area (Å²) in [5.41, 5.74) is 2.30. The number of anilines is 1. The van der Waals surface area contributed by atoms with Crippen molar-refractivity contribution in [2.45, 2.75) is 17.9 Å². The van der Waals surface area contributed by atoms with Gasteiger partial charge in [0, 0.05) is 31.0 Å². The van der Waals surface area contributed by atoms with Crippen LogP contribution in [0.25, 0.3) is 16.9 Å². The molecule has 1 aliphatic rings. The minimum atomic E-state index is 0.107. The van der Waals surface area contributed by atoms with Crippen molar-refractivity contribution in [2.24, 2.45) is 5.92 Å². The molecule has 4 rings (SSSR count). The Morgan fingerprint density at radius 1 is 1.39 bits per heavy atom. The van der Waals surface area contributed by atoms with Gasteiger partial charge in [0.25, 0.3) is 0 Å². The molecule has 28 heavy (non-hydrogen) atoms. The highest BCUT2D eigenvalue weighted by molar-refractivity contribution is 7.98. The summed E-state index contributed by atoms with van der Waals surface area (Å²) in [5, 5.41) is 11.1. The SMILES string of the molecule is COc1ccc(-c2nccn3c(N(CCO)CC4CC4)c(SC)nc23)c(Cl)c1. The third kappa shape index (κ3) is 3.66. The van der Waals surface area contributed by atoms with E-state index in [4.69, 9.17) is 21.3 Å². The average molecular weight is 419 g/mol. The zero-order valence-electron chi connectivity index (χ0n) is 15.9. The van der Waals surface area contributed by atoms with Crippen molar-refractivity contribution in [1.82, 2.24) is 14.4 Å². The molecule has 0 unspecified atom stereocenters. The largest absolute Gasteiger partial charge is 0.497 e. The highest BCUT2D eigenvalue weighted by Crippen LogP contribution is 2.38. The number of nitrogens with zero attached hydrogens (tertiary/aromatic N) is 4.